The van der Waals surface area contributed by atoms with Crippen molar-refractivity contribution in [2.45, 2.75) is 18.8 Å². The van der Waals surface area contributed by atoms with Gasteiger partial charge in [0.1, 0.15) is 0 Å². The molecule has 17 heavy (non-hydrogen) atoms. The number of ketones is 1. The molecule has 2 aromatic rings. The molecule has 0 fully saturated rings. The first kappa shape index (κ1) is 11.1. The zero-order valence-corrected chi connectivity index (χ0v) is 11.4. The lowest BCUT2D eigenvalue weighted by Gasteiger charge is -2.07. The van der Waals surface area contributed by atoms with Gasteiger partial charge in [-0.1, -0.05) is 6.07 Å². The third-order valence-corrected chi connectivity index (χ3v) is 4.73. The van der Waals surface area contributed by atoms with Crippen molar-refractivity contribution in [3.8, 4) is 0 Å². The highest BCUT2D eigenvalue weighted by Gasteiger charge is 2.30. The minimum absolute atomic E-state index is 0.0447. The van der Waals surface area contributed by atoms with E-state index >= 15 is 0 Å². The Bertz CT molecular complexity index is 578. The molecule has 0 spiro atoms. The second kappa shape index (κ2) is 4.35. The summed E-state index contributed by atoms with van der Waals surface area (Å²) in [6.07, 6.45) is 3.63. The van der Waals surface area contributed by atoms with Gasteiger partial charge in [-0.05, 0) is 52.5 Å². The highest BCUT2D eigenvalue weighted by Crippen LogP contribution is 2.35. The van der Waals surface area contributed by atoms with Gasteiger partial charge in [-0.25, -0.2) is 0 Å². The van der Waals surface area contributed by atoms with Gasteiger partial charge in [-0.15, -0.1) is 11.3 Å². The Morgan fingerprint density at radius 2 is 2.29 bits per heavy atom. The molecule has 0 aliphatic heterocycles. The molecule has 0 radical (unpaired) electrons. The quantitative estimate of drug-likeness (QED) is 0.790. The smallest absolute Gasteiger partial charge is 0.181 e. The molecule has 0 aromatic carbocycles. The number of thiophene rings is 1. The van der Waals surface area contributed by atoms with Gasteiger partial charge in [0.25, 0.3) is 0 Å². The number of fused-ring (bicyclic) bond motifs is 1. The van der Waals surface area contributed by atoms with E-state index in [9.17, 15) is 4.79 Å². The molecule has 1 aliphatic rings. The average Bonchev–Trinajstić information content (AvgIpc) is 2.94. The summed E-state index contributed by atoms with van der Waals surface area (Å²) in [7, 11) is 0. The summed E-state index contributed by atoms with van der Waals surface area (Å²) in [5, 5.41) is 0. The molecule has 1 aliphatic carbocycles. The Labute approximate surface area is 112 Å². The van der Waals surface area contributed by atoms with E-state index in [2.05, 4.69) is 27.0 Å². The Balaban J connectivity index is 1.95. The van der Waals surface area contributed by atoms with Crippen LogP contribution in [0.25, 0.3) is 0 Å². The van der Waals surface area contributed by atoms with E-state index in [1.165, 1.54) is 16.9 Å². The largest absolute Gasteiger partial charge is 0.293 e. The van der Waals surface area contributed by atoms with Crippen LogP contribution in [0.4, 0.5) is 0 Å². The number of pyridine rings is 1. The molecule has 3 rings (SSSR count). The summed E-state index contributed by atoms with van der Waals surface area (Å²) in [5.41, 5.74) is 2.20. The van der Waals surface area contributed by atoms with E-state index in [0.717, 1.165) is 27.2 Å². The van der Waals surface area contributed by atoms with E-state index in [1.807, 2.05) is 18.2 Å². The van der Waals surface area contributed by atoms with Crippen molar-refractivity contribution in [1.29, 1.82) is 0 Å². The molecule has 0 amide bonds. The first-order valence-electron chi connectivity index (χ1n) is 5.49. The number of Topliss-reactive ketones (excluding diaryl/α,β-unsaturated/α-hetero) is 1. The molecular formula is C13H10BrNOS. The molecule has 0 bridgehead atoms. The number of nitrogens with zero attached hydrogens (tertiary/aromatic N) is 1. The van der Waals surface area contributed by atoms with E-state index in [0.29, 0.717) is 0 Å². The molecule has 0 N–H and O–H groups in total. The molecule has 4 heteroatoms. The summed E-state index contributed by atoms with van der Waals surface area (Å²) >= 11 is 4.89. The van der Waals surface area contributed by atoms with Gasteiger partial charge in [0, 0.05) is 6.20 Å². The topological polar surface area (TPSA) is 30.0 Å². The highest BCUT2D eigenvalue weighted by atomic mass is 79.9. The maximum Gasteiger partial charge on any atom is 0.181 e. The SMILES string of the molecule is O=C(c1ccc(Br)s1)C1CCc2cccnc21. The van der Waals surface area contributed by atoms with Crippen molar-refractivity contribution >= 4 is 33.0 Å². The van der Waals surface area contributed by atoms with Gasteiger partial charge < -0.3 is 0 Å². The number of halogens is 1. The van der Waals surface area contributed by atoms with Gasteiger partial charge >= 0.3 is 0 Å². The zero-order chi connectivity index (χ0) is 11.8. The molecule has 2 aromatic heterocycles. The third-order valence-electron chi connectivity index (χ3n) is 3.09. The van der Waals surface area contributed by atoms with Crippen LogP contribution >= 0.6 is 27.3 Å². The molecule has 0 saturated heterocycles. The maximum atomic E-state index is 12.4. The Morgan fingerprint density at radius 3 is 3.06 bits per heavy atom. The summed E-state index contributed by atoms with van der Waals surface area (Å²) in [4.78, 5) is 17.6. The lowest BCUT2D eigenvalue weighted by Crippen LogP contribution is -2.09. The zero-order valence-electron chi connectivity index (χ0n) is 9.02. The molecular weight excluding hydrogens is 298 g/mol. The predicted octanol–water partition coefficient (Wildman–Crippen LogP) is 3.82. The van der Waals surface area contributed by atoms with E-state index in [4.69, 9.17) is 0 Å². The first-order valence-corrected chi connectivity index (χ1v) is 7.10. The lowest BCUT2D eigenvalue weighted by molar-refractivity contribution is 0.0962. The summed E-state index contributed by atoms with van der Waals surface area (Å²) in [6, 6.07) is 7.82. The lowest BCUT2D eigenvalue weighted by atomic mass is 10.0. The van der Waals surface area contributed by atoms with E-state index in [-0.39, 0.29) is 11.7 Å². The van der Waals surface area contributed by atoms with Gasteiger partial charge in [0.15, 0.2) is 5.78 Å². The van der Waals surface area contributed by atoms with Crippen LogP contribution in [0, 0.1) is 0 Å². The Hall–Kier alpha value is -1.00. The van der Waals surface area contributed by atoms with Gasteiger partial charge in [0.2, 0.25) is 0 Å². The van der Waals surface area contributed by atoms with Crippen LogP contribution in [-0.4, -0.2) is 10.8 Å². The number of rotatable bonds is 2. The van der Waals surface area contributed by atoms with Crippen molar-refractivity contribution in [3.05, 3.63) is 50.4 Å². The minimum Gasteiger partial charge on any atom is -0.293 e. The molecule has 2 heterocycles. The minimum atomic E-state index is -0.0447. The van der Waals surface area contributed by atoms with Crippen molar-refractivity contribution < 1.29 is 4.79 Å². The van der Waals surface area contributed by atoms with Gasteiger partial charge in [-0.3, -0.25) is 9.78 Å². The fraction of sp³-hybridized carbons (Fsp3) is 0.231. The summed E-state index contributed by atoms with van der Waals surface area (Å²) < 4.78 is 1.00. The van der Waals surface area contributed by atoms with Crippen molar-refractivity contribution in [2.75, 3.05) is 0 Å². The average molecular weight is 308 g/mol. The highest BCUT2D eigenvalue weighted by molar-refractivity contribution is 9.11. The van der Waals surface area contributed by atoms with Gasteiger partial charge in [0.05, 0.1) is 20.3 Å². The molecule has 0 saturated carbocycles. The fourth-order valence-electron chi connectivity index (χ4n) is 2.29. The monoisotopic (exact) mass is 307 g/mol. The number of aryl methyl sites for hydroxylation is 1. The Morgan fingerprint density at radius 1 is 1.41 bits per heavy atom. The fourth-order valence-corrected chi connectivity index (χ4v) is 3.67. The van der Waals surface area contributed by atoms with Crippen LogP contribution in [0.2, 0.25) is 0 Å². The van der Waals surface area contributed by atoms with Crippen molar-refractivity contribution in [3.63, 3.8) is 0 Å². The Kier molecular flexibility index (Phi) is 2.84. The number of hydrogen-bond acceptors (Lipinski definition) is 3. The third kappa shape index (κ3) is 1.96. The van der Waals surface area contributed by atoms with E-state index < -0.39 is 0 Å². The van der Waals surface area contributed by atoms with Crippen LogP contribution in [0.5, 0.6) is 0 Å². The van der Waals surface area contributed by atoms with Crippen LogP contribution in [0.1, 0.15) is 33.3 Å². The van der Waals surface area contributed by atoms with Crippen LogP contribution in [0.3, 0.4) is 0 Å². The molecule has 1 atom stereocenters. The van der Waals surface area contributed by atoms with Gasteiger partial charge in [-0.2, -0.15) is 0 Å². The van der Waals surface area contributed by atoms with Crippen molar-refractivity contribution in [1.82, 2.24) is 4.98 Å². The van der Waals surface area contributed by atoms with Crippen LogP contribution in [-0.2, 0) is 6.42 Å². The number of carbonyl (C=O) groups excluding carboxylic acids is 1. The second-order valence-corrected chi connectivity index (χ2v) is 6.57. The number of carbonyl (C=O) groups is 1. The van der Waals surface area contributed by atoms with Crippen LogP contribution < -0.4 is 0 Å². The normalized spacial score (nSPS) is 18.1. The first-order chi connectivity index (χ1) is 8.25. The predicted molar refractivity (Wildman–Crippen MR) is 71.6 cm³/mol. The standard InChI is InChI=1S/C13H10BrNOS/c14-11-6-5-10(17-11)13(16)9-4-3-8-2-1-7-15-12(8)9/h1-2,5-7,9H,3-4H2. The summed E-state index contributed by atoms with van der Waals surface area (Å²) in [5.74, 6) is 0.162. The van der Waals surface area contributed by atoms with Crippen molar-refractivity contribution in [2.24, 2.45) is 0 Å². The molecule has 2 nitrogen and oxygen atoms in total. The molecule has 86 valence electrons. The number of hydrogen-bond donors (Lipinski definition) is 0. The van der Waals surface area contributed by atoms with Crippen LogP contribution in [0.15, 0.2) is 34.2 Å². The second-order valence-electron chi connectivity index (χ2n) is 4.11. The maximum absolute atomic E-state index is 12.4. The number of aromatic nitrogens is 1. The molecule has 1 unspecified atom stereocenters. The summed E-state index contributed by atoms with van der Waals surface area (Å²) in [6.45, 7) is 0. The van der Waals surface area contributed by atoms with E-state index in [1.54, 1.807) is 6.20 Å².